The molecule has 25 heavy (non-hydrogen) atoms. The number of urea groups is 1. The molecule has 2 aliphatic heterocycles. The minimum absolute atomic E-state index is 0.189. The summed E-state index contributed by atoms with van der Waals surface area (Å²) in [5.41, 5.74) is 2.30. The number of halogens is 2. The maximum absolute atomic E-state index is 12.5. The van der Waals surface area contributed by atoms with Gasteiger partial charge in [0.15, 0.2) is 0 Å². The second-order valence-corrected chi connectivity index (χ2v) is 6.47. The number of amidine groups is 1. The fraction of sp³-hybridized carbons (Fsp3) is 0.118. The Bertz CT molecular complexity index is 942. The van der Waals surface area contributed by atoms with Gasteiger partial charge in [0.25, 0.3) is 5.91 Å². The molecule has 126 valence electrons. The first kappa shape index (κ1) is 15.9. The summed E-state index contributed by atoms with van der Waals surface area (Å²) in [5, 5.41) is 6.36. The lowest BCUT2D eigenvalue weighted by molar-refractivity contribution is 0.102. The molecule has 0 saturated carbocycles. The second kappa shape index (κ2) is 6.06. The SMILES string of the molecule is O=C(Nc1ccc2c(c1)C1=NCCN1C(=O)N2)c1cc(Cl)ccc1Cl. The third kappa shape index (κ3) is 2.83. The van der Waals surface area contributed by atoms with E-state index in [1.165, 1.54) is 6.07 Å². The Labute approximate surface area is 153 Å². The monoisotopic (exact) mass is 374 g/mol. The van der Waals surface area contributed by atoms with Gasteiger partial charge in [-0.3, -0.25) is 14.7 Å². The summed E-state index contributed by atoms with van der Waals surface area (Å²) >= 11 is 12.0. The first-order valence-electron chi connectivity index (χ1n) is 7.57. The van der Waals surface area contributed by atoms with Crippen molar-refractivity contribution in [3.05, 3.63) is 57.6 Å². The molecule has 0 saturated heterocycles. The van der Waals surface area contributed by atoms with E-state index in [1.807, 2.05) is 0 Å². The molecule has 4 rings (SSSR count). The number of hydrogen-bond acceptors (Lipinski definition) is 3. The average Bonchev–Trinajstić information content (AvgIpc) is 3.08. The summed E-state index contributed by atoms with van der Waals surface area (Å²) in [6.45, 7) is 1.12. The quantitative estimate of drug-likeness (QED) is 0.837. The van der Waals surface area contributed by atoms with E-state index in [1.54, 1.807) is 35.2 Å². The van der Waals surface area contributed by atoms with Gasteiger partial charge in [-0.1, -0.05) is 23.2 Å². The summed E-state index contributed by atoms with van der Waals surface area (Å²) in [4.78, 5) is 30.4. The van der Waals surface area contributed by atoms with Crippen LogP contribution in [0.15, 0.2) is 41.4 Å². The first-order chi connectivity index (χ1) is 12.0. The van der Waals surface area contributed by atoms with Crippen LogP contribution >= 0.6 is 23.2 Å². The van der Waals surface area contributed by atoms with Crippen LogP contribution in [0.25, 0.3) is 0 Å². The molecule has 0 aliphatic carbocycles. The number of fused-ring (bicyclic) bond motifs is 3. The molecule has 0 atom stereocenters. The standard InChI is InChI=1S/C17H12Cl2N4O2/c18-9-1-3-13(19)11(7-9)16(24)21-10-2-4-14-12(8-10)15-20-5-6-23(15)17(25)22-14/h1-4,7-8H,5-6H2,(H,21,24)(H,22,25). The van der Waals surface area contributed by atoms with Crippen molar-refractivity contribution in [1.29, 1.82) is 0 Å². The van der Waals surface area contributed by atoms with Gasteiger partial charge < -0.3 is 10.6 Å². The maximum atomic E-state index is 12.5. The first-order valence-corrected chi connectivity index (χ1v) is 8.32. The van der Waals surface area contributed by atoms with E-state index in [0.29, 0.717) is 45.9 Å². The molecule has 0 aromatic heterocycles. The molecule has 8 heteroatoms. The van der Waals surface area contributed by atoms with Crippen LogP contribution in [0.2, 0.25) is 10.0 Å². The van der Waals surface area contributed by atoms with E-state index in [-0.39, 0.29) is 11.9 Å². The zero-order valence-electron chi connectivity index (χ0n) is 12.8. The number of nitrogens with zero attached hydrogens (tertiary/aromatic N) is 2. The predicted octanol–water partition coefficient (Wildman–Crippen LogP) is 3.85. The number of carbonyl (C=O) groups is 2. The molecule has 0 spiro atoms. The molecule has 2 aromatic carbocycles. The number of rotatable bonds is 2. The molecule has 6 nitrogen and oxygen atoms in total. The highest BCUT2D eigenvalue weighted by atomic mass is 35.5. The van der Waals surface area contributed by atoms with E-state index in [9.17, 15) is 9.59 Å². The highest BCUT2D eigenvalue weighted by molar-refractivity contribution is 6.36. The van der Waals surface area contributed by atoms with Crippen LogP contribution in [-0.4, -0.2) is 35.8 Å². The second-order valence-electron chi connectivity index (χ2n) is 5.63. The third-order valence-corrected chi connectivity index (χ3v) is 4.58. The Balaban J connectivity index is 1.65. The van der Waals surface area contributed by atoms with E-state index < -0.39 is 0 Å². The van der Waals surface area contributed by atoms with Crippen LogP contribution in [0.1, 0.15) is 15.9 Å². The summed E-state index contributed by atoms with van der Waals surface area (Å²) in [5.74, 6) is 0.258. The maximum Gasteiger partial charge on any atom is 0.327 e. The number of aliphatic imine (C=N–C) groups is 1. The Morgan fingerprint density at radius 2 is 2.04 bits per heavy atom. The molecule has 2 heterocycles. The molecule has 0 fully saturated rings. The summed E-state index contributed by atoms with van der Waals surface area (Å²) in [6.07, 6.45) is 0. The molecular formula is C17H12Cl2N4O2. The fourth-order valence-electron chi connectivity index (χ4n) is 2.84. The van der Waals surface area contributed by atoms with Crippen molar-refractivity contribution in [2.75, 3.05) is 23.7 Å². The fourth-order valence-corrected chi connectivity index (χ4v) is 3.22. The topological polar surface area (TPSA) is 73.8 Å². The van der Waals surface area contributed by atoms with Gasteiger partial charge in [0.1, 0.15) is 5.84 Å². The van der Waals surface area contributed by atoms with E-state index >= 15 is 0 Å². The van der Waals surface area contributed by atoms with Gasteiger partial charge in [-0.2, -0.15) is 0 Å². The highest BCUT2D eigenvalue weighted by Gasteiger charge is 2.31. The lowest BCUT2D eigenvalue weighted by atomic mass is 10.1. The van der Waals surface area contributed by atoms with Crippen molar-refractivity contribution < 1.29 is 9.59 Å². The number of anilines is 2. The molecular weight excluding hydrogens is 363 g/mol. The summed E-state index contributed by atoms with van der Waals surface area (Å²) < 4.78 is 0. The Morgan fingerprint density at radius 3 is 2.88 bits per heavy atom. The molecule has 0 unspecified atom stereocenters. The lowest BCUT2D eigenvalue weighted by Crippen LogP contribution is -2.42. The highest BCUT2D eigenvalue weighted by Crippen LogP contribution is 2.29. The minimum atomic E-state index is -0.363. The zero-order valence-corrected chi connectivity index (χ0v) is 14.4. The van der Waals surface area contributed by atoms with Crippen molar-refractivity contribution in [1.82, 2.24) is 4.90 Å². The molecule has 2 N–H and O–H groups in total. The van der Waals surface area contributed by atoms with Gasteiger partial charge in [-0.15, -0.1) is 0 Å². The third-order valence-electron chi connectivity index (χ3n) is 4.02. The van der Waals surface area contributed by atoms with E-state index in [4.69, 9.17) is 23.2 Å². The summed E-state index contributed by atoms with van der Waals surface area (Å²) in [7, 11) is 0. The van der Waals surface area contributed by atoms with Gasteiger partial charge in [0.05, 0.1) is 22.8 Å². The minimum Gasteiger partial charge on any atom is -0.322 e. The van der Waals surface area contributed by atoms with Gasteiger partial charge in [0.2, 0.25) is 0 Å². The van der Waals surface area contributed by atoms with Crippen molar-refractivity contribution >= 4 is 52.4 Å². The zero-order chi connectivity index (χ0) is 17.6. The molecule has 3 amide bonds. The molecule has 2 aromatic rings. The molecule has 0 radical (unpaired) electrons. The number of nitrogens with one attached hydrogen (secondary N) is 2. The average molecular weight is 375 g/mol. The van der Waals surface area contributed by atoms with E-state index in [2.05, 4.69) is 15.6 Å². The van der Waals surface area contributed by atoms with Crippen LogP contribution in [-0.2, 0) is 0 Å². The molecule has 2 aliphatic rings. The number of benzene rings is 2. The van der Waals surface area contributed by atoms with Crippen molar-refractivity contribution in [2.45, 2.75) is 0 Å². The smallest absolute Gasteiger partial charge is 0.322 e. The normalized spacial score (nSPS) is 15.2. The van der Waals surface area contributed by atoms with Crippen molar-refractivity contribution in [3.8, 4) is 0 Å². The van der Waals surface area contributed by atoms with E-state index in [0.717, 1.165) is 5.56 Å². The van der Waals surface area contributed by atoms with Crippen molar-refractivity contribution in [2.24, 2.45) is 4.99 Å². The molecule has 0 bridgehead atoms. The number of carbonyl (C=O) groups excluding carboxylic acids is 2. The van der Waals surface area contributed by atoms with Crippen LogP contribution in [0.3, 0.4) is 0 Å². The van der Waals surface area contributed by atoms with Gasteiger partial charge in [0, 0.05) is 22.8 Å². The lowest BCUT2D eigenvalue weighted by Gasteiger charge is -2.26. The van der Waals surface area contributed by atoms with Gasteiger partial charge in [-0.25, -0.2) is 4.79 Å². The van der Waals surface area contributed by atoms with Gasteiger partial charge >= 0.3 is 6.03 Å². The number of hydrogen-bond donors (Lipinski definition) is 2. The van der Waals surface area contributed by atoms with Crippen LogP contribution in [0.5, 0.6) is 0 Å². The Morgan fingerprint density at radius 1 is 1.20 bits per heavy atom. The van der Waals surface area contributed by atoms with Gasteiger partial charge in [-0.05, 0) is 36.4 Å². The van der Waals surface area contributed by atoms with Crippen LogP contribution in [0.4, 0.5) is 16.2 Å². The van der Waals surface area contributed by atoms with Crippen molar-refractivity contribution in [3.63, 3.8) is 0 Å². The van der Waals surface area contributed by atoms with Crippen LogP contribution < -0.4 is 10.6 Å². The number of amides is 3. The summed E-state index contributed by atoms with van der Waals surface area (Å²) in [6, 6.07) is 9.75. The predicted molar refractivity (Wildman–Crippen MR) is 98.0 cm³/mol. The Hall–Kier alpha value is -2.57. The van der Waals surface area contributed by atoms with Crippen LogP contribution in [0, 0.1) is 0 Å². The largest absolute Gasteiger partial charge is 0.327 e. The Kier molecular flexibility index (Phi) is 3.86.